The topological polar surface area (TPSA) is 13.1 Å². The maximum Gasteiger partial charge on any atom is 0.134 e. The summed E-state index contributed by atoms with van der Waals surface area (Å²) in [6.45, 7) is 3.96. The number of halogens is 1. The van der Waals surface area contributed by atoms with Crippen LogP contribution in [0.1, 0.15) is 19.6 Å². The second kappa shape index (κ2) is 4.11. The number of hydrogen-bond donors (Lipinski definition) is 0. The molecule has 0 saturated heterocycles. The molecule has 0 aliphatic heterocycles. The van der Waals surface area contributed by atoms with Crippen molar-refractivity contribution < 1.29 is 4.42 Å². The van der Waals surface area contributed by atoms with Gasteiger partial charge in [-0.05, 0) is 32.1 Å². The Balaban J connectivity index is 2.41. The van der Waals surface area contributed by atoms with Crippen molar-refractivity contribution >= 4 is 28.6 Å². The molecule has 0 saturated carbocycles. The molecule has 0 aliphatic rings. The number of alkyl halides is 1. The third-order valence-electron chi connectivity index (χ3n) is 2.44. The van der Waals surface area contributed by atoms with Gasteiger partial charge in [-0.3, -0.25) is 0 Å². The molecule has 1 nitrogen and oxygen atoms in total. The molecule has 0 aliphatic carbocycles. The van der Waals surface area contributed by atoms with Crippen molar-refractivity contribution in [2.75, 3.05) is 0 Å². The van der Waals surface area contributed by atoms with E-state index in [1.165, 1.54) is 0 Å². The first-order valence-electron chi connectivity index (χ1n) is 4.97. The van der Waals surface area contributed by atoms with Crippen molar-refractivity contribution in [1.82, 2.24) is 0 Å². The van der Waals surface area contributed by atoms with Crippen LogP contribution in [-0.2, 0) is 0 Å². The summed E-state index contributed by atoms with van der Waals surface area (Å²) in [5, 5.41) is 1.16. The Bertz CT molecular complexity index is 461. The summed E-state index contributed by atoms with van der Waals surface area (Å²) in [7, 11) is 0. The molecule has 2 rings (SSSR count). The molecule has 0 amide bonds. The third kappa shape index (κ3) is 2.24. The molecular formula is C13H13ClO. The fraction of sp³-hybridized carbons (Fsp3) is 0.231. The molecule has 1 aromatic carbocycles. The van der Waals surface area contributed by atoms with Crippen LogP contribution in [-0.4, -0.2) is 5.38 Å². The molecule has 15 heavy (non-hydrogen) atoms. The van der Waals surface area contributed by atoms with Crippen molar-refractivity contribution in [2.45, 2.75) is 19.2 Å². The summed E-state index contributed by atoms with van der Waals surface area (Å²) in [4.78, 5) is 0. The van der Waals surface area contributed by atoms with Crippen LogP contribution in [0, 0.1) is 0 Å². The first kappa shape index (κ1) is 10.3. The molecule has 2 heteroatoms. The third-order valence-corrected chi connectivity index (χ3v) is 2.79. The molecule has 1 atom stereocenters. The summed E-state index contributed by atoms with van der Waals surface area (Å²) < 4.78 is 5.65. The Hall–Kier alpha value is -1.21. The fourth-order valence-corrected chi connectivity index (χ4v) is 1.48. The van der Waals surface area contributed by atoms with E-state index in [0.29, 0.717) is 0 Å². The number of fused-ring (bicyclic) bond motifs is 1. The van der Waals surface area contributed by atoms with E-state index in [2.05, 4.69) is 0 Å². The predicted octanol–water partition coefficient (Wildman–Crippen LogP) is 4.46. The zero-order valence-corrected chi connectivity index (χ0v) is 9.58. The van der Waals surface area contributed by atoms with Crippen LogP contribution in [0.15, 0.2) is 40.3 Å². The predicted molar refractivity (Wildman–Crippen MR) is 65.2 cm³/mol. The Morgan fingerprint density at radius 2 is 2.13 bits per heavy atom. The Labute approximate surface area is 94.3 Å². The van der Waals surface area contributed by atoms with Gasteiger partial charge in [0.1, 0.15) is 11.3 Å². The van der Waals surface area contributed by atoms with E-state index in [9.17, 15) is 0 Å². The SMILES string of the molecule is C/C(=C\c1cc2ccccc2o1)C(C)Cl. The average Bonchev–Trinajstić information content (AvgIpc) is 2.59. The Morgan fingerprint density at radius 1 is 1.40 bits per heavy atom. The van der Waals surface area contributed by atoms with Crippen molar-refractivity contribution in [3.63, 3.8) is 0 Å². The smallest absolute Gasteiger partial charge is 0.134 e. The summed E-state index contributed by atoms with van der Waals surface area (Å²) in [5.41, 5.74) is 2.02. The van der Waals surface area contributed by atoms with Crippen LogP contribution < -0.4 is 0 Å². The zero-order chi connectivity index (χ0) is 10.8. The first-order valence-corrected chi connectivity index (χ1v) is 5.41. The van der Waals surface area contributed by atoms with Gasteiger partial charge in [-0.2, -0.15) is 0 Å². The van der Waals surface area contributed by atoms with Gasteiger partial charge in [0.25, 0.3) is 0 Å². The maximum atomic E-state index is 5.97. The van der Waals surface area contributed by atoms with E-state index in [0.717, 1.165) is 22.3 Å². The maximum absolute atomic E-state index is 5.97. The molecule has 2 aromatic rings. The van der Waals surface area contributed by atoms with Gasteiger partial charge in [0.2, 0.25) is 0 Å². The Kier molecular flexibility index (Phi) is 2.83. The molecule has 1 unspecified atom stereocenters. The van der Waals surface area contributed by atoms with Gasteiger partial charge in [0.15, 0.2) is 0 Å². The van der Waals surface area contributed by atoms with Crippen LogP contribution in [0.25, 0.3) is 17.0 Å². The lowest BCUT2D eigenvalue weighted by Gasteiger charge is -2.00. The van der Waals surface area contributed by atoms with E-state index in [1.807, 2.05) is 50.3 Å². The number of benzene rings is 1. The number of para-hydroxylation sites is 1. The van der Waals surface area contributed by atoms with Gasteiger partial charge < -0.3 is 4.42 Å². The highest BCUT2D eigenvalue weighted by Crippen LogP contribution is 2.22. The molecule has 0 bridgehead atoms. The molecule has 0 N–H and O–H groups in total. The highest BCUT2D eigenvalue weighted by Gasteiger charge is 2.03. The minimum absolute atomic E-state index is 0.0400. The summed E-state index contributed by atoms with van der Waals surface area (Å²) in [6.07, 6.45) is 1.98. The van der Waals surface area contributed by atoms with Crippen molar-refractivity contribution in [3.8, 4) is 0 Å². The number of allylic oxidation sites excluding steroid dienone is 1. The van der Waals surface area contributed by atoms with Crippen LogP contribution in [0.3, 0.4) is 0 Å². The van der Waals surface area contributed by atoms with Crippen LogP contribution in [0.2, 0.25) is 0 Å². The summed E-state index contributed by atoms with van der Waals surface area (Å²) in [5.74, 6) is 0.862. The molecule has 0 radical (unpaired) electrons. The van der Waals surface area contributed by atoms with E-state index in [1.54, 1.807) is 0 Å². The first-order chi connectivity index (χ1) is 7.16. The van der Waals surface area contributed by atoms with Gasteiger partial charge in [0, 0.05) is 5.39 Å². The summed E-state index contributed by atoms with van der Waals surface area (Å²) in [6, 6.07) is 10.00. The number of furan rings is 1. The highest BCUT2D eigenvalue weighted by atomic mass is 35.5. The molecule has 0 fully saturated rings. The van der Waals surface area contributed by atoms with Crippen molar-refractivity contribution in [1.29, 1.82) is 0 Å². The Morgan fingerprint density at radius 3 is 2.80 bits per heavy atom. The number of rotatable bonds is 2. The van der Waals surface area contributed by atoms with Crippen molar-refractivity contribution in [2.24, 2.45) is 0 Å². The standard InChI is InChI=1S/C13H13ClO/c1-9(10(2)14)7-12-8-11-5-3-4-6-13(11)15-12/h3-8,10H,1-2H3/b9-7+. The molecule has 0 spiro atoms. The molecule has 1 heterocycles. The monoisotopic (exact) mass is 220 g/mol. The zero-order valence-electron chi connectivity index (χ0n) is 8.83. The van der Waals surface area contributed by atoms with Gasteiger partial charge in [-0.1, -0.05) is 23.8 Å². The lowest BCUT2D eigenvalue weighted by Crippen LogP contribution is -1.90. The summed E-state index contributed by atoms with van der Waals surface area (Å²) >= 11 is 5.97. The van der Waals surface area contributed by atoms with Gasteiger partial charge in [0.05, 0.1) is 5.38 Å². The van der Waals surface area contributed by atoms with E-state index in [4.69, 9.17) is 16.0 Å². The number of hydrogen-bond acceptors (Lipinski definition) is 1. The lowest BCUT2D eigenvalue weighted by molar-refractivity contribution is 0.603. The second-order valence-corrected chi connectivity index (χ2v) is 4.35. The minimum atomic E-state index is 0.0400. The highest BCUT2D eigenvalue weighted by molar-refractivity contribution is 6.22. The van der Waals surface area contributed by atoms with E-state index in [-0.39, 0.29) is 5.38 Å². The molecule has 1 aromatic heterocycles. The normalized spacial score (nSPS) is 14.5. The van der Waals surface area contributed by atoms with Gasteiger partial charge >= 0.3 is 0 Å². The van der Waals surface area contributed by atoms with Crippen molar-refractivity contribution in [3.05, 3.63) is 41.7 Å². The lowest BCUT2D eigenvalue weighted by atomic mass is 10.2. The largest absolute Gasteiger partial charge is 0.457 e. The van der Waals surface area contributed by atoms with Crippen LogP contribution >= 0.6 is 11.6 Å². The molecule has 78 valence electrons. The molecular weight excluding hydrogens is 208 g/mol. The fourth-order valence-electron chi connectivity index (χ4n) is 1.41. The van der Waals surface area contributed by atoms with E-state index < -0.39 is 0 Å². The quantitative estimate of drug-likeness (QED) is 0.681. The second-order valence-electron chi connectivity index (χ2n) is 3.69. The average molecular weight is 221 g/mol. The van der Waals surface area contributed by atoms with Crippen LogP contribution in [0.5, 0.6) is 0 Å². The van der Waals surface area contributed by atoms with Crippen LogP contribution in [0.4, 0.5) is 0 Å². The van der Waals surface area contributed by atoms with E-state index >= 15 is 0 Å². The van der Waals surface area contributed by atoms with Gasteiger partial charge in [-0.25, -0.2) is 0 Å². The van der Waals surface area contributed by atoms with Gasteiger partial charge in [-0.15, -0.1) is 11.6 Å². The minimum Gasteiger partial charge on any atom is -0.457 e.